The average Bonchev–Trinajstić information content (AvgIpc) is 2.46. The number of aliphatic imine (C=N–C) groups is 1. The summed E-state index contributed by atoms with van der Waals surface area (Å²) < 4.78 is 5.67. The number of para-hydroxylation sites is 2. The minimum Gasteiger partial charge on any atom is -0.484 e. The second kappa shape index (κ2) is 5.40. The van der Waals surface area contributed by atoms with E-state index in [1.54, 1.807) is 0 Å². The largest absolute Gasteiger partial charge is 0.484 e. The molecular formula is C14H19N3O. The molecule has 1 fully saturated rings. The number of hydrogen-bond donors (Lipinski definition) is 2. The molecule has 1 aromatic carbocycles. The molecule has 0 atom stereocenters. The number of amidine groups is 1. The molecule has 0 unspecified atom stereocenters. The smallest absolute Gasteiger partial charge is 0.145 e. The maximum absolute atomic E-state index is 5.67. The van der Waals surface area contributed by atoms with Gasteiger partial charge in [0.2, 0.25) is 0 Å². The first-order chi connectivity index (χ1) is 8.92. The molecule has 2 aliphatic heterocycles. The summed E-state index contributed by atoms with van der Waals surface area (Å²) in [6, 6.07) is 7.99. The van der Waals surface area contributed by atoms with Crippen LogP contribution in [0.5, 0.6) is 5.75 Å². The van der Waals surface area contributed by atoms with Gasteiger partial charge in [0, 0.05) is 6.54 Å². The summed E-state index contributed by atoms with van der Waals surface area (Å²) >= 11 is 0. The molecule has 0 amide bonds. The lowest BCUT2D eigenvalue weighted by atomic mass is 9.98. The molecule has 3 rings (SSSR count). The first-order valence-corrected chi connectivity index (χ1v) is 6.65. The lowest BCUT2D eigenvalue weighted by Crippen LogP contribution is -2.30. The number of piperidine rings is 1. The van der Waals surface area contributed by atoms with Gasteiger partial charge in [0.15, 0.2) is 0 Å². The monoisotopic (exact) mass is 245 g/mol. The van der Waals surface area contributed by atoms with Gasteiger partial charge in [-0.15, -0.1) is 0 Å². The third kappa shape index (κ3) is 2.64. The fourth-order valence-electron chi connectivity index (χ4n) is 2.42. The van der Waals surface area contributed by atoms with Gasteiger partial charge < -0.3 is 15.4 Å². The van der Waals surface area contributed by atoms with Crippen LogP contribution in [0.1, 0.15) is 12.8 Å². The van der Waals surface area contributed by atoms with Crippen LogP contribution in [0, 0.1) is 5.92 Å². The quantitative estimate of drug-likeness (QED) is 0.836. The zero-order valence-electron chi connectivity index (χ0n) is 10.5. The molecule has 1 saturated heterocycles. The van der Waals surface area contributed by atoms with Crippen LogP contribution in [-0.2, 0) is 0 Å². The third-order valence-electron chi connectivity index (χ3n) is 3.53. The maximum atomic E-state index is 5.67. The van der Waals surface area contributed by atoms with E-state index in [1.165, 1.54) is 12.8 Å². The maximum Gasteiger partial charge on any atom is 0.145 e. The molecule has 2 aliphatic rings. The summed E-state index contributed by atoms with van der Waals surface area (Å²) in [6.45, 7) is 3.72. The van der Waals surface area contributed by atoms with E-state index in [1.807, 2.05) is 24.3 Å². The van der Waals surface area contributed by atoms with Gasteiger partial charge in [0.05, 0.1) is 5.69 Å². The molecule has 96 valence electrons. The van der Waals surface area contributed by atoms with Crippen LogP contribution in [0.3, 0.4) is 0 Å². The van der Waals surface area contributed by atoms with E-state index in [0.717, 1.165) is 42.8 Å². The topological polar surface area (TPSA) is 45.7 Å². The highest BCUT2D eigenvalue weighted by molar-refractivity contribution is 5.99. The zero-order valence-corrected chi connectivity index (χ0v) is 10.5. The summed E-state index contributed by atoms with van der Waals surface area (Å²) in [6.07, 6.45) is 2.46. The summed E-state index contributed by atoms with van der Waals surface area (Å²) in [7, 11) is 0. The van der Waals surface area contributed by atoms with Gasteiger partial charge in [-0.3, -0.25) is 4.99 Å². The van der Waals surface area contributed by atoms with Gasteiger partial charge in [0.25, 0.3) is 0 Å². The van der Waals surface area contributed by atoms with Gasteiger partial charge in [-0.05, 0) is 44.0 Å². The number of nitrogens with one attached hydrogen (secondary N) is 2. The first-order valence-electron chi connectivity index (χ1n) is 6.65. The highest BCUT2D eigenvalue weighted by Crippen LogP contribution is 2.26. The summed E-state index contributed by atoms with van der Waals surface area (Å²) in [4.78, 5) is 4.66. The molecule has 0 spiro atoms. The highest BCUT2D eigenvalue weighted by Gasteiger charge is 2.15. The van der Waals surface area contributed by atoms with Crippen LogP contribution in [-0.4, -0.2) is 32.1 Å². The Balaban J connectivity index is 1.61. The Morgan fingerprint density at radius 1 is 1.22 bits per heavy atom. The molecule has 4 nitrogen and oxygen atoms in total. The lowest BCUT2D eigenvalue weighted by molar-refractivity contribution is 0.366. The molecule has 0 saturated carbocycles. The number of ether oxygens (including phenoxy) is 1. The minimum absolute atomic E-state index is 0.558. The number of hydrogen-bond acceptors (Lipinski definition) is 3. The second-order valence-electron chi connectivity index (χ2n) is 4.89. The molecule has 0 bridgehead atoms. The predicted molar refractivity (Wildman–Crippen MR) is 73.5 cm³/mol. The fraction of sp³-hybridized carbons (Fsp3) is 0.500. The van der Waals surface area contributed by atoms with E-state index in [4.69, 9.17) is 4.74 Å². The van der Waals surface area contributed by atoms with Crippen molar-refractivity contribution >= 4 is 11.5 Å². The van der Waals surface area contributed by atoms with Crippen molar-refractivity contribution in [2.45, 2.75) is 12.8 Å². The summed E-state index contributed by atoms with van der Waals surface area (Å²) in [5, 5.41) is 6.72. The van der Waals surface area contributed by atoms with Crippen LogP contribution < -0.4 is 15.4 Å². The molecule has 2 heterocycles. The van der Waals surface area contributed by atoms with Crippen LogP contribution in [0.4, 0.5) is 5.69 Å². The van der Waals surface area contributed by atoms with Gasteiger partial charge >= 0.3 is 0 Å². The van der Waals surface area contributed by atoms with Crippen molar-refractivity contribution in [1.29, 1.82) is 0 Å². The highest BCUT2D eigenvalue weighted by atomic mass is 16.5. The predicted octanol–water partition coefficient (Wildman–Crippen LogP) is 1.89. The van der Waals surface area contributed by atoms with Gasteiger partial charge in [-0.1, -0.05) is 12.1 Å². The molecule has 18 heavy (non-hydrogen) atoms. The summed E-state index contributed by atoms with van der Waals surface area (Å²) in [5.41, 5.74) is 1.02. The number of nitrogens with zero attached hydrogens (tertiary/aromatic N) is 1. The van der Waals surface area contributed by atoms with Crippen LogP contribution >= 0.6 is 0 Å². The first kappa shape index (κ1) is 11.5. The van der Waals surface area contributed by atoms with Crippen LogP contribution in [0.2, 0.25) is 0 Å². The van der Waals surface area contributed by atoms with E-state index in [-0.39, 0.29) is 0 Å². The Bertz CT molecular complexity index is 438. The Hall–Kier alpha value is -1.55. The van der Waals surface area contributed by atoms with Gasteiger partial charge in [-0.2, -0.15) is 0 Å². The van der Waals surface area contributed by atoms with Crippen molar-refractivity contribution in [1.82, 2.24) is 5.32 Å². The Labute approximate surface area is 107 Å². The van der Waals surface area contributed by atoms with Gasteiger partial charge in [-0.25, -0.2) is 0 Å². The van der Waals surface area contributed by atoms with Crippen molar-refractivity contribution in [2.24, 2.45) is 10.9 Å². The van der Waals surface area contributed by atoms with E-state index in [2.05, 4.69) is 15.6 Å². The van der Waals surface area contributed by atoms with Crippen molar-refractivity contribution < 1.29 is 4.74 Å². The third-order valence-corrected chi connectivity index (χ3v) is 3.53. The van der Waals surface area contributed by atoms with E-state index in [9.17, 15) is 0 Å². The zero-order chi connectivity index (χ0) is 12.2. The van der Waals surface area contributed by atoms with E-state index < -0.39 is 0 Å². The fourth-order valence-corrected chi connectivity index (χ4v) is 2.42. The molecule has 0 aromatic heterocycles. The molecule has 4 heteroatoms. The standard InChI is InChI=1S/C14H19N3O/c1-2-4-13-12(3-1)17-14(10-18-13)16-9-11-5-7-15-8-6-11/h1-4,11,15H,5-10H2,(H,16,17). The number of benzene rings is 1. The van der Waals surface area contributed by atoms with Crippen molar-refractivity contribution in [3.63, 3.8) is 0 Å². The Kier molecular flexibility index (Phi) is 3.46. The molecule has 0 aliphatic carbocycles. The number of rotatable bonds is 2. The number of anilines is 1. The molecule has 2 N–H and O–H groups in total. The Morgan fingerprint density at radius 2 is 2.06 bits per heavy atom. The van der Waals surface area contributed by atoms with Crippen molar-refractivity contribution in [3.05, 3.63) is 24.3 Å². The van der Waals surface area contributed by atoms with E-state index in [0.29, 0.717) is 6.61 Å². The van der Waals surface area contributed by atoms with Crippen molar-refractivity contribution in [2.75, 3.05) is 31.6 Å². The minimum atomic E-state index is 0.558. The Morgan fingerprint density at radius 3 is 2.94 bits per heavy atom. The van der Waals surface area contributed by atoms with Crippen LogP contribution in [0.25, 0.3) is 0 Å². The average molecular weight is 245 g/mol. The van der Waals surface area contributed by atoms with E-state index >= 15 is 0 Å². The second-order valence-corrected chi connectivity index (χ2v) is 4.89. The van der Waals surface area contributed by atoms with Crippen LogP contribution in [0.15, 0.2) is 29.3 Å². The molecule has 1 aromatic rings. The molecule has 0 radical (unpaired) electrons. The summed E-state index contributed by atoms with van der Waals surface area (Å²) in [5.74, 6) is 2.59. The van der Waals surface area contributed by atoms with Crippen molar-refractivity contribution in [3.8, 4) is 5.75 Å². The normalized spacial score (nSPS) is 22.1. The molecular weight excluding hydrogens is 226 g/mol. The lowest BCUT2D eigenvalue weighted by Gasteiger charge is -2.23. The number of fused-ring (bicyclic) bond motifs is 1. The SMILES string of the molecule is c1ccc2c(c1)NC(=NCC1CCNCC1)CO2. The van der Waals surface area contributed by atoms with Gasteiger partial charge in [0.1, 0.15) is 18.2 Å².